The first-order valence-electron chi connectivity index (χ1n) is 4.61. The number of hydrogen-bond acceptors (Lipinski definition) is 4. The van der Waals surface area contributed by atoms with Crippen molar-refractivity contribution in [2.75, 3.05) is 6.61 Å². The highest BCUT2D eigenvalue weighted by Crippen LogP contribution is 1.94. The zero-order valence-corrected chi connectivity index (χ0v) is 8.61. The molecule has 0 saturated carbocycles. The quantitative estimate of drug-likeness (QED) is 0.691. The zero-order valence-electron chi connectivity index (χ0n) is 8.61. The van der Waals surface area contributed by atoms with Crippen molar-refractivity contribution in [2.24, 2.45) is 0 Å². The number of carbonyl (C=O) groups excluding carboxylic acids is 2. The fourth-order valence-electron chi connectivity index (χ4n) is 0.981. The number of H-pyrrole nitrogens is 1. The van der Waals surface area contributed by atoms with Crippen LogP contribution in [0.25, 0.3) is 0 Å². The van der Waals surface area contributed by atoms with Gasteiger partial charge in [0.1, 0.15) is 11.7 Å². The first kappa shape index (κ1) is 11.2. The second kappa shape index (κ2) is 5.14. The van der Waals surface area contributed by atoms with E-state index in [2.05, 4.69) is 15.3 Å². The molecule has 0 radical (unpaired) electrons. The van der Waals surface area contributed by atoms with Crippen molar-refractivity contribution in [2.45, 2.75) is 19.9 Å². The van der Waals surface area contributed by atoms with E-state index in [1.165, 1.54) is 12.5 Å². The summed E-state index contributed by atoms with van der Waals surface area (Å²) in [6.07, 6.45) is 2.77. The SMILES string of the molecule is CCOC(=O)C(C)NC(=O)c1cnc[nH]1. The van der Waals surface area contributed by atoms with Crippen molar-refractivity contribution < 1.29 is 14.3 Å². The number of aromatic amines is 1. The van der Waals surface area contributed by atoms with E-state index < -0.39 is 12.0 Å². The van der Waals surface area contributed by atoms with Crippen molar-refractivity contribution >= 4 is 11.9 Å². The molecule has 0 aliphatic heterocycles. The van der Waals surface area contributed by atoms with Gasteiger partial charge in [-0.3, -0.25) is 4.79 Å². The minimum atomic E-state index is -0.666. The second-order valence-corrected chi connectivity index (χ2v) is 2.91. The van der Waals surface area contributed by atoms with E-state index in [0.717, 1.165) is 0 Å². The third kappa shape index (κ3) is 3.08. The largest absolute Gasteiger partial charge is 0.464 e. The van der Waals surface area contributed by atoms with Crippen molar-refractivity contribution in [1.82, 2.24) is 15.3 Å². The van der Waals surface area contributed by atoms with Gasteiger partial charge in [-0.25, -0.2) is 9.78 Å². The summed E-state index contributed by atoms with van der Waals surface area (Å²) in [6, 6.07) is -0.666. The second-order valence-electron chi connectivity index (χ2n) is 2.91. The third-order valence-corrected chi connectivity index (χ3v) is 1.73. The molecule has 0 aromatic carbocycles. The van der Waals surface area contributed by atoms with E-state index in [1.807, 2.05) is 0 Å². The van der Waals surface area contributed by atoms with Crippen LogP contribution < -0.4 is 5.32 Å². The smallest absolute Gasteiger partial charge is 0.328 e. The van der Waals surface area contributed by atoms with Crippen LogP contribution in [0.4, 0.5) is 0 Å². The normalized spacial score (nSPS) is 11.9. The lowest BCUT2D eigenvalue weighted by molar-refractivity contribution is -0.144. The van der Waals surface area contributed by atoms with Gasteiger partial charge in [-0.05, 0) is 13.8 Å². The van der Waals surface area contributed by atoms with Gasteiger partial charge in [0.15, 0.2) is 0 Å². The Morgan fingerprint density at radius 3 is 2.93 bits per heavy atom. The van der Waals surface area contributed by atoms with Gasteiger partial charge in [0.25, 0.3) is 5.91 Å². The molecule has 1 aromatic heterocycles. The molecule has 1 atom stereocenters. The van der Waals surface area contributed by atoms with Gasteiger partial charge < -0.3 is 15.0 Å². The first-order chi connectivity index (χ1) is 7.15. The molecule has 0 fully saturated rings. The Morgan fingerprint density at radius 1 is 1.67 bits per heavy atom. The van der Waals surface area contributed by atoms with Gasteiger partial charge in [0.2, 0.25) is 0 Å². The zero-order chi connectivity index (χ0) is 11.3. The maximum absolute atomic E-state index is 11.4. The summed E-state index contributed by atoms with van der Waals surface area (Å²) in [4.78, 5) is 29.0. The van der Waals surface area contributed by atoms with Crippen LogP contribution in [0, 0.1) is 0 Å². The summed E-state index contributed by atoms with van der Waals surface area (Å²) in [5, 5.41) is 2.48. The number of ether oxygens (including phenoxy) is 1. The lowest BCUT2D eigenvalue weighted by atomic mass is 10.3. The van der Waals surface area contributed by atoms with Gasteiger partial charge in [-0.1, -0.05) is 0 Å². The van der Waals surface area contributed by atoms with Crippen molar-refractivity contribution in [3.63, 3.8) is 0 Å². The molecule has 2 N–H and O–H groups in total. The molecule has 0 aliphatic carbocycles. The summed E-state index contributed by atoms with van der Waals surface area (Å²) >= 11 is 0. The number of carbonyl (C=O) groups is 2. The van der Waals surface area contributed by atoms with E-state index >= 15 is 0 Å². The van der Waals surface area contributed by atoms with Crippen LogP contribution in [0.3, 0.4) is 0 Å². The number of nitrogens with one attached hydrogen (secondary N) is 2. The van der Waals surface area contributed by atoms with Crippen LogP contribution >= 0.6 is 0 Å². The van der Waals surface area contributed by atoms with Gasteiger partial charge in [0.05, 0.1) is 19.1 Å². The van der Waals surface area contributed by atoms with Crippen LogP contribution in [-0.4, -0.2) is 34.5 Å². The van der Waals surface area contributed by atoms with E-state index in [-0.39, 0.29) is 5.91 Å². The molecule has 0 bridgehead atoms. The van der Waals surface area contributed by atoms with E-state index in [9.17, 15) is 9.59 Å². The van der Waals surface area contributed by atoms with E-state index in [1.54, 1.807) is 13.8 Å². The van der Waals surface area contributed by atoms with Crippen LogP contribution in [0.5, 0.6) is 0 Å². The van der Waals surface area contributed by atoms with Crippen molar-refractivity contribution in [1.29, 1.82) is 0 Å². The molecule has 1 unspecified atom stereocenters. The fraction of sp³-hybridized carbons (Fsp3) is 0.444. The number of amides is 1. The lowest BCUT2D eigenvalue weighted by Gasteiger charge is -2.11. The maximum Gasteiger partial charge on any atom is 0.328 e. The molecular weight excluding hydrogens is 198 g/mol. The fourth-order valence-corrected chi connectivity index (χ4v) is 0.981. The Bertz CT molecular complexity index is 334. The lowest BCUT2D eigenvalue weighted by Crippen LogP contribution is -2.39. The Balaban J connectivity index is 2.48. The molecule has 6 heteroatoms. The predicted molar refractivity (Wildman–Crippen MR) is 52.1 cm³/mol. The molecule has 0 saturated heterocycles. The molecule has 82 valence electrons. The highest BCUT2D eigenvalue weighted by atomic mass is 16.5. The molecule has 0 aliphatic rings. The molecular formula is C9H13N3O3. The van der Waals surface area contributed by atoms with Gasteiger partial charge in [-0.2, -0.15) is 0 Å². The number of imidazole rings is 1. The third-order valence-electron chi connectivity index (χ3n) is 1.73. The number of nitrogens with zero attached hydrogens (tertiary/aromatic N) is 1. The number of rotatable bonds is 4. The van der Waals surface area contributed by atoms with Crippen molar-refractivity contribution in [3.8, 4) is 0 Å². The molecule has 1 amide bonds. The molecule has 0 spiro atoms. The predicted octanol–water partition coefficient (Wildman–Crippen LogP) is 0.0911. The summed E-state index contributed by atoms with van der Waals surface area (Å²) in [7, 11) is 0. The van der Waals surface area contributed by atoms with Gasteiger partial charge in [0, 0.05) is 0 Å². The van der Waals surface area contributed by atoms with Crippen LogP contribution in [0.2, 0.25) is 0 Å². The Hall–Kier alpha value is -1.85. The number of esters is 1. The summed E-state index contributed by atoms with van der Waals surface area (Å²) in [6.45, 7) is 3.57. The van der Waals surface area contributed by atoms with Crippen LogP contribution in [0.15, 0.2) is 12.5 Å². The van der Waals surface area contributed by atoms with Crippen LogP contribution in [0.1, 0.15) is 24.3 Å². The summed E-state index contributed by atoms with van der Waals surface area (Å²) in [5.74, 6) is -0.835. The average Bonchev–Trinajstić information content (AvgIpc) is 2.70. The Labute approximate surface area is 87.0 Å². The van der Waals surface area contributed by atoms with Crippen molar-refractivity contribution in [3.05, 3.63) is 18.2 Å². The van der Waals surface area contributed by atoms with Crippen LogP contribution in [-0.2, 0) is 9.53 Å². The Morgan fingerprint density at radius 2 is 2.40 bits per heavy atom. The van der Waals surface area contributed by atoms with E-state index in [0.29, 0.717) is 12.3 Å². The highest BCUT2D eigenvalue weighted by Gasteiger charge is 2.17. The Kier molecular flexibility index (Phi) is 3.84. The molecule has 1 rings (SSSR count). The number of hydrogen-bond donors (Lipinski definition) is 2. The number of aromatic nitrogens is 2. The van der Waals surface area contributed by atoms with E-state index in [4.69, 9.17) is 4.74 Å². The topological polar surface area (TPSA) is 84.1 Å². The summed E-state index contributed by atoms with van der Waals surface area (Å²) in [5.41, 5.74) is 0.311. The van der Waals surface area contributed by atoms with Gasteiger partial charge in [-0.15, -0.1) is 0 Å². The minimum absolute atomic E-state index is 0.295. The van der Waals surface area contributed by atoms with Gasteiger partial charge >= 0.3 is 5.97 Å². The first-order valence-corrected chi connectivity index (χ1v) is 4.61. The average molecular weight is 211 g/mol. The molecule has 1 aromatic rings. The minimum Gasteiger partial charge on any atom is -0.464 e. The molecule has 6 nitrogen and oxygen atoms in total. The summed E-state index contributed by atoms with van der Waals surface area (Å²) < 4.78 is 4.74. The highest BCUT2D eigenvalue weighted by molar-refractivity contribution is 5.94. The maximum atomic E-state index is 11.4. The standard InChI is InChI=1S/C9H13N3O3/c1-3-15-9(14)6(2)12-8(13)7-4-10-5-11-7/h4-6H,3H2,1-2H3,(H,10,11)(H,12,13). The molecule has 1 heterocycles. The molecule has 15 heavy (non-hydrogen) atoms. The monoisotopic (exact) mass is 211 g/mol.